The Hall–Kier alpha value is -2.08. The average molecular weight is 371 g/mol. The number of nitrogens with one attached hydrogen (secondary N) is 2. The number of rotatable bonds is 6. The van der Waals surface area contributed by atoms with Gasteiger partial charge in [-0.25, -0.2) is 4.98 Å². The van der Waals surface area contributed by atoms with Gasteiger partial charge in [0.25, 0.3) is 0 Å². The minimum absolute atomic E-state index is 0.519. The summed E-state index contributed by atoms with van der Waals surface area (Å²) in [5.41, 5.74) is 2.29. The van der Waals surface area contributed by atoms with Crippen LogP contribution < -0.4 is 10.6 Å². The lowest BCUT2D eigenvalue weighted by Gasteiger charge is -2.35. The normalized spacial score (nSPS) is 17.0. The Bertz CT molecular complexity index is 755. The van der Waals surface area contributed by atoms with E-state index in [4.69, 9.17) is 0 Å². The number of nitrogens with zero attached hydrogens (tertiary/aromatic N) is 4. The standard InChI is InChI=1S/C21H34N6/c1-16(2)26-14-10-18(11-15-26)25-21(22-4)23-12-7-13-27-17(3)24-19-8-5-6-9-20(19)27/h5-6,8-9,16,18H,7,10-15H2,1-4H3,(H2,22,23,25). The zero-order valence-corrected chi connectivity index (χ0v) is 17.2. The van der Waals surface area contributed by atoms with Crippen LogP contribution in [0.1, 0.15) is 38.9 Å². The number of piperidine rings is 1. The molecule has 0 bridgehead atoms. The monoisotopic (exact) mass is 370 g/mol. The van der Waals surface area contributed by atoms with Gasteiger partial charge < -0.3 is 20.1 Å². The van der Waals surface area contributed by atoms with Gasteiger partial charge in [0.2, 0.25) is 0 Å². The highest BCUT2D eigenvalue weighted by molar-refractivity contribution is 5.80. The highest BCUT2D eigenvalue weighted by atomic mass is 15.2. The fourth-order valence-electron chi connectivity index (χ4n) is 3.87. The van der Waals surface area contributed by atoms with E-state index in [1.807, 2.05) is 13.1 Å². The van der Waals surface area contributed by atoms with Crippen molar-refractivity contribution in [1.82, 2.24) is 25.1 Å². The van der Waals surface area contributed by atoms with Crippen LogP contribution in [0.25, 0.3) is 11.0 Å². The van der Waals surface area contributed by atoms with E-state index in [9.17, 15) is 0 Å². The van der Waals surface area contributed by atoms with E-state index in [-0.39, 0.29) is 0 Å². The number of hydrogen-bond donors (Lipinski definition) is 2. The predicted molar refractivity (Wildman–Crippen MR) is 113 cm³/mol. The maximum Gasteiger partial charge on any atom is 0.191 e. The Kier molecular flexibility index (Phi) is 6.72. The van der Waals surface area contributed by atoms with Gasteiger partial charge in [0, 0.05) is 45.3 Å². The molecule has 1 saturated heterocycles. The van der Waals surface area contributed by atoms with Gasteiger partial charge in [-0.1, -0.05) is 12.1 Å². The van der Waals surface area contributed by atoms with Crippen molar-refractivity contribution in [2.45, 2.75) is 58.7 Å². The van der Waals surface area contributed by atoms with E-state index in [1.54, 1.807) is 0 Å². The molecule has 6 heteroatoms. The molecular formula is C21H34N6. The number of para-hydroxylation sites is 2. The lowest BCUT2D eigenvalue weighted by molar-refractivity contribution is 0.167. The molecule has 148 valence electrons. The number of likely N-dealkylation sites (tertiary alicyclic amines) is 1. The third-order valence-corrected chi connectivity index (χ3v) is 5.52. The Morgan fingerprint density at radius 1 is 1.26 bits per heavy atom. The fourth-order valence-corrected chi connectivity index (χ4v) is 3.87. The zero-order chi connectivity index (χ0) is 19.2. The molecule has 0 radical (unpaired) electrons. The van der Waals surface area contributed by atoms with Crippen LogP contribution in [-0.2, 0) is 6.54 Å². The molecule has 1 aliphatic heterocycles. The van der Waals surface area contributed by atoms with E-state index in [2.05, 4.69) is 69.0 Å². The molecule has 2 aromatic rings. The van der Waals surface area contributed by atoms with Crippen LogP contribution in [0.4, 0.5) is 0 Å². The van der Waals surface area contributed by atoms with Crippen LogP contribution >= 0.6 is 0 Å². The van der Waals surface area contributed by atoms with Crippen LogP contribution in [0, 0.1) is 6.92 Å². The summed E-state index contributed by atoms with van der Waals surface area (Å²) in [6, 6.07) is 9.51. The second kappa shape index (κ2) is 9.22. The van der Waals surface area contributed by atoms with E-state index < -0.39 is 0 Å². The summed E-state index contributed by atoms with van der Waals surface area (Å²) in [4.78, 5) is 11.6. The topological polar surface area (TPSA) is 57.5 Å². The summed E-state index contributed by atoms with van der Waals surface area (Å²) in [6.07, 6.45) is 3.39. The average Bonchev–Trinajstić information content (AvgIpc) is 2.99. The molecule has 0 atom stereocenters. The summed E-state index contributed by atoms with van der Waals surface area (Å²) >= 11 is 0. The summed E-state index contributed by atoms with van der Waals surface area (Å²) in [7, 11) is 1.85. The van der Waals surface area contributed by atoms with Gasteiger partial charge in [0.05, 0.1) is 11.0 Å². The van der Waals surface area contributed by atoms with Crippen LogP contribution in [-0.4, -0.2) is 59.2 Å². The minimum Gasteiger partial charge on any atom is -0.356 e. The van der Waals surface area contributed by atoms with Crippen molar-refractivity contribution < 1.29 is 0 Å². The Morgan fingerprint density at radius 3 is 2.70 bits per heavy atom. The fraction of sp³-hybridized carbons (Fsp3) is 0.619. The molecule has 0 aliphatic carbocycles. The lowest BCUT2D eigenvalue weighted by atomic mass is 10.0. The molecule has 27 heavy (non-hydrogen) atoms. The molecule has 6 nitrogen and oxygen atoms in total. The van der Waals surface area contributed by atoms with Crippen molar-refractivity contribution in [1.29, 1.82) is 0 Å². The molecule has 2 N–H and O–H groups in total. The lowest BCUT2D eigenvalue weighted by Crippen LogP contribution is -2.50. The van der Waals surface area contributed by atoms with Crippen molar-refractivity contribution in [2.75, 3.05) is 26.7 Å². The van der Waals surface area contributed by atoms with Gasteiger partial charge in [-0.05, 0) is 52.2 Å². The van der Waals surface area contributed by atoms with Gasteiger partial charge in [-0.15, -0.1) is 0 Å². The molecule has 0 amide bonds. The first-order chi connectivity index (χ1) is 13.1. The molecule has 1 aromatic heterocycles. The molecule has 0 unspecified atom stereocenters. The predicted octanol–water partition coefficient (Wildman–Crippen LogP) is 2.77. The van der Waals surface area contributed by atoms with Crippen molar-refractivity contribution in [3.8, 4) is 0 Å². The molecule has 1 aliphatic rings. The Labute approximate surface area is 163 Å². The quantitative estimate of drug-likeness (QED) is 0.466. The number of imidazole rings is 1. The number of hydrogen-bond acceptors (Lipinski definition) is 3. The SMILES string of the molecule is CN=C(NCCCn1c(C)nc2ccccc21)NC1CCN(C(C)C)CC1. The summed E-state index contributed by atoms with van der Waals surface area (Å²) < 4.78 is 2.30. The largest absolute Gasteiger partial charge is 0.356 e. The number of benzene rings is 1. The van der Waals surface area contributed by atoms with E-state index >= 15 is 0 Å². The second-order valence-corrected chi connectivity index (χ2v) is 7.70. The zero-order valence-electron chi connectivity index (χ0n) is 17.2. The van der Waals surface area contributed by atoms with E-state index in [0.29, 0.717) is 12.1 Å². The maximum atomic E-state index is 4.64. The summed E-state index contributed by atoms with van der Waals surface area (Å²) in [6.45, 7) is 10.8. The van der Waals surface area contributed by atoms with Gasteiger partial charge in [0.1, 0.15) is 5.82 Å². The summed E-state index contributed by atoms with van der Waals surface area (Å²) in [5.74, 6) is 2.00. The van der Waals surface area contributed by atoms with Gasteiger partial charge in [-0.3, -0.25) is 4.99 Å². The first-order valence-corrected chi connectivity index (χ1v) is 10.2. The number of fused-ring (bicyclic) bond motifs is 1. The van der Waals surface area contributed by atoms with Gasteiger partial charge >= 0.3 is 0 Å². The third-order valence-electron chi connectivity index (χ3n) is 5.52. The molecule has 3 rings (SSSR count). The molecule has 1 fully saturated rings. The Morgan fingerprint density at radius 2 is 2.00 bits per heavy atom. The van der Waals surface area contributed by atoms with E-state index in [1.165, 1.54) is 31.4 Å². The molecule has 0 saturated carbocycles. The van der Waals surface area contributed by atoms with Crippen LogP contribution in [0.2, 0.25) is 0 Å². The van der Waals surface area contributed by atoms with E-state index in [0.717, 1.165) is 36.8 Å². The summed E-state index contributed by atoms with van der Waals surface area (Å²) in [5, 5.41) is 7.07. The maximum absolute atomic E-state index is 4.64. The van der Waals surface area contributed by atoms with Crippen molar-refractivity contribution >= 4 is 17.0 Å². The highest BCUT2D eigenvalue weighted by Gasteiger charge is 2.21. The third kappa shape index (κ3) is 5.01. The minimum atomic E-state index is 0.519. The van der Waals surface area contributed by atoms with Crippen molar-refractivity contribution in [2.24, 2.45) is 4.99 Å². The van der Waals surface area contributed by atoms with Crippen molar-refractivity contribution in [3.63, 3.8) is 0 Å². The van der Waals surface area contributed by atoms with Gasteiger partial charge in [0.15, 0.2) is 5.96 Å². The molecule has 2 heterocycles. The number of aryl methyl sites for hydroxylation is 2. The molecular weight excluding hydrogens is 336 g/mol. The Balaban J connectivity index is 1.43. The highest BCUT2D eigenvalue weighted by Crippen LogP contribution is 2.16. The smallest absolute Gasteiger partial charge is 0.191 e. The number of aliphatic imine (C=N–C) groups is 1. The second-order valence-electron chi connectivity index (χ2n) is 7.70. The van der Waals surface area contributed by atoms with Crippen molar-refractivity contribution in [3.05, 3.63) is 30.1 Å². The van der Waals surface area contributed by atoms with Crippen LogP contribution in [0.5, 0.6) is 0 Å². The van der Waals surface area contributed by atoms with Crippen LogP contribution in [0.15, 0.2) is 29.3 Å². The first-order valence-electron chi connectivity index (χ1n) is 10.2. The molecule has 1 aromatic carbocycles. The number of aromatic nitrogens is 2. The van der Waals surface area contributed by atoms with Gasteiger partial charge in [-0.2, -0.15) is 0 Å². The number of guanidine groups is 1. The first kappa shape index (κ1) is 19.7. The molecule has 0 spiro atoms. The van der Waals surface area contributed by atoms with Crippen LogP contribution in [0.3, 0.4) is 0 Å².